The van der Waals surface area contributed by atoms with E-state index in [0.29, 0.717) is 5.56 Å². The van der Waals surface area contributed by atoms with E-state index in [9.17, 15) is 19.2 Å². The molecule has 1 heterocycles. The van der Waals surface area contributed by atoms with Crippen molar-refractivity contribution in [2.75, 3.05) is 0 Å². The lowest BCUT2D eigenvalue weighted by molar-refractivity contribution is -0.141. The lowest BCUT2D eigenvalue weighted by Gasteiger charge is -2.19. The molecule has 1 saturated heterocycles. The SMILES string of the molecule is CC(C)N1C(=O)CC(NC(=O)Cc2ccc(C(=O)O)cc2)C1=O. The highest BCUT2D eigenvalue weighted by atomic mass is 16.4. The van der Waals surface area contributed by atoms with Gasteiger partial charge in [-0.05, 0) is 31.5 Å². The molecule has 1 fully saturated rings. The Morgan fingerprint density at radius 2 is 1.87 bits per heavy atom. The zero-order valence-electron chi connectivity index (χ0n) is 12.9. The Kier molecular flexibility index (Phi) is 4.78. The van der Waals surface area contributed by atoms with Gasteiger partial charge in [0.25, 0.3) is 5.91 Å². The van der Waals surface area contributed by atoms with E-state index < -0.39 is 12.0 Å². The molecule has 122 valence electrons. The third kappa shape index (κ3) is 3.74. The maximum Gasteiger partial charge on any atom is 0.335 e. The normalized spacial score (nSPS) is 17.7. The number of benzene rings is 1. The smallest absolute Gasteiger partial charge is 0.335 e. The first-order valence-electron chi connectivity index (χ1n) is 7.27. The number of nitrogens with zero attached hydrogens (tertiary/aromatic N) is 1. The summed E-state index contributed by atoms with van der Waals surface area (Å²) >= 11 is 0. The van der Waals surface area contributed by atoms with Gasteiger partial charge in [-0.15, -0.1) is 0 Å². The Bertz CT molecular complexity index is 651. The van der Waals surface area contributed by atoms with Crippen LogP contribution in [-0.2, 0) is 20.8 Å². The summed E-state index contributed by atoms with van der Waals surface area (Å²) in [5.74, 6) is -2.10. The number of nitrogens with one attached hydrogen (secondary N) is 1. The van der Waals surface area contributed by atoms with Crippen LogP contribution in [0.3, 0.4) is 0 Å². The average molecular weight is 318 g/mol. The second-order valence-corrected chi connectivity index (χ2v) is 5.70. The van der Waals surface area contributed by atoms with Gasteiger partial charge in [0, 0.05) is 6.04 Å². The van der Waals surface area contributed by atoms with E-state index in [2.05, 4.69) is 5.32 Å². The third-order valence-corrected chi connectivity index (χ3v) is 3.60. The molecule has 1 aliphatic heterocycles. The van der Waals surface area contributed by atoms with E-state index in [-0.39, 0.29) is 42.2 Å². The lowest BCUT2D eigenvalue weighted by Crippen LogP contribution is -2.44. The highest BCUT2D eigenvalue weighted by Crippen LogP contribution is 2.16. The third-order valence-electron chi connectivity index (χ3n) is 3.60. The molecule has 0 aromatic heterocycles. The van der Waals surface area contributed by atoms with Gasteiger partial charge >= 0.3 is 5.97 Å². The van der Waals surface area contributed by atoms with Gasteiger partial charge in [0.1, 0.15) is 6.04 Å². The van der Waals surface area contributed by atoms with Crippen molar-refractivity contribution in [2.45, 2.75) is 38.8 Å². The van der Waals surface area contributed by atoms with E-state index in [1.54, 1.807) is 26.0 Å². The van der Waals surface area contributed by atoms with Crippen LogP contribution in [0.25, 0.3) is 0 Å². The predicted molar refractivity (Wildman–Crippen MR) is 80.6 cm³/mol. The van der Waals surface area contributed by atoms with Crippen LogP contribution in [-0.4, -0.2) is 45.8 Å². The number of likely N-dealkylation sites (tertiary alicyclic amines) is 1. The molecule has 2 rings (SSSR count). The van der Waals surface area contributed by atoms with E-state index in [1.165, 1.54) is 12.1 Å². The van der Waals surface area contributed by atoms with Crippen LogP contribution in [0.5, 0.6) is 0 Å². The Morgan fingerprint density at radius 1 is 1.26 bits per heavy atom. The number of amides is 3. The first-order valence-corrected chi connectivity index (χ1v) is 7.27. The molecule has 7 heteroatoms. The molecule has 0 aliphatic carbocycles. The summed E-state index contributed by atoms with van der Waals surface area (Å²) in [4.78, 5) is 47.8. The molecular formula is C16H18N2O5. The molecule has 1 atom stereocenters. The number of carboxylic acids is 1. The molecule has 0 radical (unpaired) electrons. The highest BCUT2D eigenvalue weighted by Gasteiger charge is 2.40. The number of aromatic carboxylic acids is 1. The van der Waals surface area contributed by atoms with Crippen LogP contribution in [0, 0.1) is 0 Å². The van der Waals surface area contributed by atoms with Gasteiger partial charge in [-0.25, -0.2) is 4.79 Å². The van der Waals surface area contributed by atoms with Gasteiger partial charge in [-0.3, -0.25) is 19.3 Å². The second kappa shape index (κ2) is 6.60. The van der Waals surface area contributed by atoms with Crippen molar-refractivity contribution in [1.29, 1.82) is 0 Å². The first-order chi connectivity index (χ1) is 10.8. The second-order valence-electron chi connectivity index (χ2n) is 5.70. The summed E-state index contributed by atoms with van der Waals surface area (Å²) in [5, 5.41) is 11.4. The Hall–Kier alpha value is -2.70. The predicted octanol–water partition coefficient (Wildman–Crippen LogP) is 0.579. The molecule has 0 saturated carbocycles. The molecule has 1 aromatic rings. The van der Waals surface area contributed by atoms with E-state index in [1.807, 2.05) is 0 Å². The summed E-state index contributed by atoms with van der Waals surface area (Å²) in [6, 6.07) is 4.86. The van der Waals surface area contributed by atoms with Crippen molar-refractivity contribution in [2.24, 2.45) is 0 Å². The standard InChI is InChI=1S/C16H18N2O5/c1-9(2)18-14(20)8-12(15(18)21)17-13(19)7-10-3-5-11(6-4-10)16(22)23/h3-6,9,12H,7-8H2,1-2H3,(H,17,19)(H,22,23). The molecule has 7 nitrogen and oxygen atoms in total. The number of carboxylic acid groups (broad SMARTS) is 1. The summed E-state index contributed by atoms with van der Waals surface area (Å²) < 4.78 is 0. The van der Waals surface area contributed by atoms with Crippen LogP contribution < -0.4 is 5.32 Å². The monoisotopic (exact) mass is 318 g/mol. The van der Waals surface area contributed by atoms with Crippen LogP contribution >= 0.6 is 0 Å². The molecular weight excluding hydrogens is 300 g/mol. The molecule has 1 aliphatic rings. The average Bonchev–Trinajstić information content (AvgIpc) is 2.73. The summed E-state index contributed by atoms with van der Waals surface area (Å²) in [6.45, 7) is 3.48. The van der Waals surface area contributed by atoms with Gasteiger partial charge in [-0.2, -0.15) is 0 Å². The Balaban J connectivity index is 1.96. The van der Waals surface area contributed by atoms with Gasteiger partial charge in [0.05, 0.1) is 18.4 Å². The molecule has 1 aromatic carbocycles. The van der Waals surface area contributed by atoms with Gasteiger partial charge in [0.2, 0.25) is 11.8 Å². The fourth-order valence-corrected chi connectivity index (χ4v) is 2.50. The van der Waals surface area contributed by atoms with Crippen LogP contribution in [0.4, 0.5) is 0 Å². The Labute approximate surface area is 133 Å². The van der Waals surface area contributed by atoms with E-state index >= 15 is 0 Å². The first kappa shape index (κ1) is 16.7. The van der Waals surface area contributed by atoms with Crippen molar-refractivity contribution in [1.82, 2.24) is 10.2 Å². The van der Waals surface area contributed by atoms with Gasteiger partial charge < -0.3 is 10.4 Å². The molecule has 0 spiro atoms. The molecule has 3 amide bonds. The van der Waals surface area contributed by atoms with Crippen molar-refractivity contribution in [3.63, 3.8) is 0 Å². The van der Waals surface area contributed by atoms with Crippen LogP contribution in [0.1, 0.15) is 36.2 Å². The van der Waals surface area contributed by atoms with Gasteiger partial charge in [-0.1, -0.05) is 12.1 Å². The number of hydrogen-bond donors (Lipinski definition) is 2. The molecule has 2 N–H and O–H groups in total. The Morgan fingerprint density at radius 3 is 2.35 bits per heavy atom. The number of carbonyl (C=O) groups excluding carboxylic acids is 3. The van der Waals surface area contributed by atoms with Crippen molar-refractivity contribution >= 4 is 23.7 Å². The minimum atomic E-state index is -1.04. The van der Waals surface area contributed by atoms with Crippen molar-refractivity contribution in [3.05, 3.63) is 35.4 Å². The molecule has 23 heavy (non-hydrogen) atoms. The lowest BCUT2D eigenvalue weighted by atomic mass is 10.1. The van der Waals surface area contributed by atoms with Crippen LogP contribution in [0.2, 0.25) is 0 Å². The van der Waals surface area contributed by atoms with Crippen LogP contribution in [0.15, 0.2) is 24.3 Å². The zero-order valence-corrected chi connectivity index (χ0v) is 12.9. The quantitative estimate of drug-likeness (QED) is 0.773. The molecule has 0 bridgehead atoms. The minimum absolute atomic E-state index is 0.0134. The number of hydrogen-bond acceptors (Lipinski definition) is 4. The van der Waals surface area contributed by atoms with Crippen molar-refractivity contribution in [3.8, 4) is 0 Å². The maximum atomic E-state index is 12.1. The fraction of sp³-hybridized carbons (Fsp3) is 0.375. The molecule has 1 unspecified atom stereocenters. The highest BCUT2D eigenvalue weighted by molar-refractivity contribution is 6.07. The number of imide groups is 1. The van der Waals surface area contributed by atoms with Crippen molar-refractivity contribution < 1.29 is 24.3 Å². The summed E-state index contributed by atoms with van der Waals surface area (Å²) in [5.41, 5.74) is 0.767. The zero-order chi connectivity index (χ0) is 17.1. The minimum Gasteiger partial charge on any atom is -0.478 e. The van der Waals surface area contributed by atoms with E-state index in [4.69, 9.17) is 5.11 Å². The maximum absolute atomic E-state index is 12.1. The number of rotatable bonds is 5. The largest absolute Gasteiger partial charge is 0.478 e. The van der Waals surface area contributed by atoms with E-state index in [0.717, 1.165) is 4.90 Å². The fourth-order valence-electron chi connectivity index (χ4n) is 2.50. The van der Waals surface area contributed by atoms with Gasteiger partial charge in [0.15, 0.2) is 0 Å². The summed E-state index contributed by atoms with van der Waals surface area (Å²) in [6.07, 6.45) is -0.0136. The topological polar surface area (TPSA) is 104 Å². The number of carbonyl (C=O) groups is 4. The summed E-state index contributed by atoms with van der Waals surface area (Å²) in [7, 11) is 0.